The average Bonchev–Trinajstić information content (AvgIpc) is 2.75. The minimum atomic E-state index is -0.349. The molecule has 1 aromatic rings. The van der Waals surface area contributed by atoms with Gasteiger partial charge in [-0.3, -0.25) is 9.69 Å². The zero-order chi connectivity index (χ0) is 16.7. The summed E-state index contributed by atoms with van der Waals surface area (Å²) in [6, 6.07) is 10.7. The Hall–Kier alpha value is -0.750. The van der Waals surface area contributed by atoms with Gasteiger partial charge in [0.05, 0.1) is 6.04 Å². The van der Waals surface area contributed by atoms with Crippen molar-refractivity contribution < 1.29 is 4.79 Å². The van der Waals surface area contributed by atoms with Crippen LogP contribution in [-0.4, -0.2) is 59.4 Å². The first-order valence-corrected chi connectivity index (χ1v) is 9.82. The second-order valence-electron chi connectivity index (χ2n) is 6.31. The van der Waals surface area contributed by atoms with Crippen LogP contribution in [0.15, 0.2) is 30.3 Å². The second-order valence-corrected chi connectivity index (χ2v) is 7.29. The number of rotatable bonds is 6. The molecule has 0 radical (unpaired) electrons. The molecule has 6 heteroatoms. The van der Waals surface area contributed by atoms with Crippen LogP contribution in [-0.2, 0) is 11.3 Å². The van der Waals surface area contributed by atoms with Crippen LogP contribution in [0.1, 0.15) is 25.3 Å². The highest BCUT2D eigenvalue weighted by atomic mass is 35.5. The Bertz CT molecular complexity index is 488. The van der Waals surface area contributed by atoms with E-state index in [1.807, 2.05) is 17.2 Å². The lowest BCUT2D eigenvalue weighted by molar-refractivity contribution is -0.132. The van der Waals surface area contributed by atoms with Crippen molar-refractivity contribution in [1.29, 1.82) is 0 Å². The number of amides is 1. The van der Waals surface area contributed by atoms with Gasteiger partial charge in [-0.15, -0.1) is 12.4 Å². The van der Waals surface area contributed by atoms with Gasteiger partial charge in [0, 0.05) is 32.2 Å². The van der Waals surface area contributed by atoms with Crippen molar-refractivity contribution in [2.24, 2.45) is 5.73 Å². The average molecular weight is 372 g/mol. The lowest BCUT2D eigenvalue weighted by Crippen LogP contribution is -2.45. The van der Waals surface area contributed by atoms with E-state index in [1.54, 1.807) is 11.8 Å². The van der Waals surface area contributed by atoms with E-state index in [0.717, 1.165) is 44.8 Å². The first-order chi connectivity index (χ1) is 11.1. The Balaban J connectivity index is 0.00000288. The fourth-order valence-electron chi connectivity index (χ4n) is 2.98. The molecule has 24 heavy (non-hydrogen) atoms. The number of hydrogen-bond acceptors (Lipinski definition) is 4. The van der Waals surface area contributed by atoms with E-state index >= 15 is 0 Å². The molecule has 0 aromatic heterocycles. The fourth-order valence-corrected chi connectivity index (χ4v) is 3.47. The fraction of sp³-hybridized carbons (Fsp3) is 0.611. The van der Waals surface area contributed by atoms with Gasteiger partial charge < -0.3 is 10.6 Å². The summed E-state index contributed by atoms with van der Waals surface area (Å²) in [5.74, 6) is 1.06. The molecule has 1 heterocycles. The SMILES string of the molecule is CSCC[C@H](N)C(=O)N1CCC(C)N(Cc2ccccc2)CC1.Cl. The van der Waals surface area contributed by atoms with Gasteiger partial charge >= 0.3 is 0 Å². The third-order valence-corrected chi connectivity index (χ3v) is 5.23. The minimum absolute atomic E-state index is 0. The molecule has 1 aromatic carbocycles. The van der Waals surface area contributed by atoms with Crippen LogP contribution in [0.5, 0.6) is 0 Å². The summed E-state index contributed by atoms with van der Waals surface area (Å²) in [5.41, 5.74) is 7.39. The molecule has 1 aliphatic heterocycles. The monoisotopic (exact) mass is 371 g/mol. The molecule has 1 saturated heterocycles. The second kappa shape index (κ2) is 11.0. The van der Waals surface area contributed by atoms with Crippen molar-refractivity contribution in [3.05, 3.63) is 35.9 Å². The largest absolute Gasteiger partial charge is 0.340 e. The number of carbonyl (C=O) groups excluding carboxylic acids is 1. The zero-order valence-corrected chi connectivity index (χ0v) is 16.3. The predicted molar refractivity (Wildman–Crippen MR) is 106 cm³/mol. The van der Waals surface area contributed by atoms with Gasteiger partial charge in [0.1, 0.15) is 0 Å². The van der Waals surface area contributed by atoms with E-state index in [4.69, 9.17) is 5.73 Å². The van der Waals surface area contributed by atoms with Crippen LogP contribution in [0.25, 0.3) is 0 Å². The number of nitrogens with two attached hydrogens (primary N) is 1. The molecule has 0 saturated carbocycles. The Morgan fingerprint density at radius 1 is 1.29 bits per heavy atom. The van der Waals surface area contributed by atoms with Crippen molar-refractivity contribution >= 4 is 30.1 Å². The summed E-state index contributed by atoms with van der Waals surface area (Å²) >= 11 is 1.74. The van der Waals surface area contributed by atoms with Crippen LogP contribution < -0.4 is 5.73 Å². The van der Waals surface area contributed by atoms with Gasteiger partial charge in [0.2, 0.25) is 5.91 Å². The molecule has 2 atom stereocenters. The summed E-state index contributed by atoms with van der Waals surface area (Å²) < 4.78 is 0. The maximum Gasteiger partial charge on any atom is 0.239 e. The molecule has 0 bridgehead atoms. The highest BCUT2D eigenvalue weighted by Crippen LogP contribution is 2.15. The highest BCUT2D eigenvalue weighted by molar-refractivity contribution is 7.98. The zero-order valence-electron chi connectivity index (χ0n) is 14.7. The van der Waals surface area contributed by atoms with E-state index in [-0.39, 0.29) is 24.4 Å². The summed E-state index contributed by atoms with van der Waals surface area (Å²) in [7, 11) is 0. The molecule has 1 fully saturated rings. The van der Waals surface area contributed by atoms with Gasteiger partial charge in [-0.25, -0.2) is 0 Å². The molecule has 1 amide bonds. The van der Waals surface area contributed by atoms with Crippen molar-refractivity contribution in [2.45, 2.75) is 38.4 Å². The molecule has 0 spiro atoms. The topological polar surface area (TPSA) is 49.6 Å². The van der Waals surface area contributed by atoms with Crippen molar-refractivity contribution in [3.63, 3.8) is 0 Å². The number of benzene rings is 1. The van der Waals surface area contributed by atoms with Crippen LogP contribution in [0.4, 0.5) is 0 Å². The van der Waals surface area contributed by atoms with Crippen molar-refractivity contribution in [3.8, 4) is 0 Å². The van der Waals surface area contributed by atoms with Crippen LogP contribution in [0.3, 0.4) is 0 Å². The molecule has 136 valence electrons. The summed E-state index contributed by atoms with van der Waals surface area (Å²) in [6.07, 6.45) is 3.82. The van der Waals surface area contributed by atoms with E-state index in [1.165, 1.54) is 5.56 Å². The van der Waals surface area contributed by atoms with Crippen LogP contribution in [0.2, 0.25) is 0 Å². The Labute approximate surface area is 156 Å². The smallest absolute Gasteiger partial charge is 0.239 e. The molecule has 0 aliphatic carbocycles. The van der Waals surface area contributed by atoms with Gasteiger partial charge in [-0.05, 0) is 37.3 Å². The molecule has 1 unspecified atom stereocenters. The maximum atomic E-state index is 12.5. The summed E-state index contributed by atoms with van der Waals surface area (Å²) in [5, 5.41) is 0. The van der Waals surface area contributed by atoms with Gasteiger partial charge in [0.15, 0.2) is 0 Å². The first kappa shape index (κ1) is 21.3. The summed E-state index contributed by atoms with van der Waals surface area (Å²) in [6.45, 7) is 5.71. The third kappa shape index (κ3) is 6.28. The van der Waals surface area contributed by atoms with Crippen molar-refractivity contribution in [2.75, 3.05) is 31.6 Å². The van der Waals surface area contributed by atoms with Gasteiger partial charge in [-0.1, -0.05) is 30.3 Å². The molecule has 2 rings (SSSR count). The van der Waals surface area contributed by atoms with E-state index in [2.05, 4.69) is 36.1 Å². The first-order valence-electron chi connectivity index (χ1n) is 8.43. The lowest BCUT2D eigenvalue weighted by Gasteiger charge is -2.26. The van der Waals surface area contributed by atoms with Crippen LogP contribution in [0, 0.1) is 0 Å². The number of thioether (sulfide) groups is 1. The summed E-state index contributed by atoms with van der Waals surface area (Å²) in [4.78, 5) is 16.9. The highest BCUT2D eigenvalue weighted by Gasteiger charge is 2.26. The van der Waals surface area contributed by atoms with E-state index < -0.39 is 0 Å². The normalized spacial score (nSPS) is 20.1. The van der Waals surface area contributed by atoms with E-state index in [0.29, 0.717) is 6.04 Å². The predicted octanol–water partition coefficient (Wildman–Crippen LogP) is 2.61. The number of halogens is 1. The molecular weight excluding hydrogens is 342 g/mol. The third-order valence-electron chi connectivity index (χ3n) is 4.59. The number of hydrogen-bond donors (Lipinski definition) is 1. The molecule has 1 aliphatic rings. The minimum Gasteiger partial charge on any atom is -0.340 e. The standard InChI is InChI=1S/C18H29N3OS.ClH/c1-15-8-10-20(18(22)17(19)9-13-23-2)11-12-21(15)14-16-6-4-3-5-7-16;/h3-7,15,17H,8-14,19H2,1-2H3;1H/t15?,17-;/m0./s1. The lowest BCUT2D eigenvalue weighted by atomic mass is 10.1. The molecular formula is C18H30ClN3OS. The molecule has 4 nitrogen and oxygen atoms in total. The Morgan fingerprint density at radius 2 is 2.00 bits per heavy atom. The number of carbonyl (C=O) groups is 1. The molecule has 2 N–H and O–H groups in total. The Kier molecular flexibility index (Phi) is 9.74. The van der Waals surface area contributed by atoms with Gasteiger partial charge in [0.25, 0.3) is 0 Å². The van der Waals surface area contributed by atoms with Gasteiger partial charge in [-0.2, -0.15) is 11.8 Å². The van der Waals surface area contributed by atoms with E-state index in [9.17, 15) is 4.79 Å². The van der Waals surface area contributed by atoms with Crippen molar-refractivity contribution in [1.82, 2.24) is 9.80 Å². The maximum absolute atomic E-state index is 12.5. The number of nitrogens with zero attached hydrogens (tertiary/aromatic N) is 2. The van der Waals surface area contributed by atoms with Crippen LogP contribution >= 0.6 is 24.2 Å². The quantitative estimate of drug-likeness (QED) is 0.835. The Morgan fingerprint density at radius 3 is 2.67 bits per heavy atom.